The number of benzene rings is 1. The smallest absolute Gasteiger partial charge is 0.191 e. The summed E-state index contributed by atoms with van der Waals surface area (Å²) in [4.78, 5) is 9.12. The van der Waals surface area contributed by atoms with Crippen molar-refractivity contribution < 1.29 is 0 Å². The number of nitrogens with zero attached hydrogens (tertiary/aromatic N) is 3. The summed E-state index contributed by atoms with van der Waals surface area (Å²) in [6, 6.07) is 9.21. The maximum atomic E-state index is 4.82. The lowest BCUT2D eigenvalue weighted by molar-refractivity contribution is 0.615. The van der Waals surface area contributed by atoms with E-state index >= 15 is 0 Å². The number of aliphatic imine (C=N–C) groups is 1. The first-order valence-electron chi connectivity index (χ1n) is 9.81. The Morgan fingerprint density at radius 1 is 1.33 bits per heavy atom. The van der Waals surface area contributed by atoms with Gasteiger partial charge in [0.05, 0.1) is 6.54 Å². The molecule has 1 fully saturated rings. The van der Waals surface area contributed by atoms with Crippen LogP contribution in [0.25, 0.3) is 0 Å². The van der Waals surface area contributed by atoms with Gasteiger partial charge in [-0.25, -0.2) is 9.98 Å². The van der Waals surface area contributed by atoms with E-state index in [9.17, 15) is 0 Å². The Labute approximate surface area is 167 Å². The Bertz CT molecular complexity index is 755. The zero-order valence-corrected chi connectivity index (χ0v) is 17.4. The molecule has 3 rings (SSSR count). The second-order valence-corrected chi connectivity index (χ2v) is 8.27. The predicted molar refractivity (Wildman–Crippen MR) is 115 cm³/mol. The zero-order chi connectivity index (χ0) is 19.1. The van der Waals surface area contributed by atoms with Crippen LogP contribution in [0.4, 0.5) is 0 Å². The van der Waals surface area contributed by atoms with Crippen molar-refractivity contribution in [3.8, 4) is 0 Å². The standard InChI is InChI=1S/C21H31N5S/c1-4-22-21(25-19-8-9-20(13-19)27-3)24-14-17-6-5-7-18(12-17)15-26-11-10-23-16(26)2/h5-7,10-12,19-20H,4,8-9,13-15H2,1-3H3,(H2,22,24,25). The normalized spacial score (nSPS) is 20.0. The van der Waals surface area contributed by atoms with Crippen molar-refractivity contribution in [3.63, 3.8) is 0 Å². The SMILES string of the molecule is CCNC(=NCc1cccc(Cn2ccnc2C)c1)NC1CCC(SC)C1. The van der Waals surface area contributed by atoms with Crippen LogP contribution in [-0.4, -0.2) is 39.6 Å². The number of rotatable bonds is 7. The van der Waals surface area contributed by atoms with E-state index in [-0.39, 0.29) is 0 Å². The van der Waals surface area contributed by atoms with Gasteiger partial charge in [0, 0.05) is 36.8 Å². The molecule has 2 aromatic rings. The number of aryl methyl sites for hydroxylation is 1. The van der Waals surface area contributed by atoms with Crippen LogP contribution >= 0.6 is 11.8 Å². The van der Waals surface area contributed by atoms with Crippen LogP contribution in [0.1, 0.15) is 43.1 Å². The average Bonchev–Trinajstić information content (AvgIpc) is 3.29. The van der Waals surface area contributed by atoms with Crippen molar-refractivity contribution >= 4 is 17.7 Å². The Hall–Kier alpha value is -1.95. The molecular weight excluding hydrogens is 354 g/mol. The molecule has 5 nitrogen and oxygen atoms in total. The van der Waals surface area contributed by atoms with Crippen molar-refractivity contribution in [2.75, 3.05) is 12.8 Å². The minimum atomic E-state index is 0.538. The van der Waals surface area contributed by atoms with E-state index in [1.54, 1.807) is 0 Å². The van der Waals surface area contributed by atoms with Crippen molar-refractivity contribution in [1.29, 1.82) is 0 Å². The summed E-state index contributed by atoms with van der Waals surface area (Å²) in [6.07, 6.45) is 9.85. The van der Waals surface area contributed by atoms with Gasteiger partial charge in [0.15, 0.2) is 5.96 Å². The summed E-state index contributed by atoms with van der Waals surface area (Å²) >= 11 is 1.98. The summed E-state index contributed by atoms with van der Waals surface area (Å²) in [5.41, 5.74) is 2.51. The van der Waals surface area contributed by atoms with Crippen LogP contribution in [0.5, 0.6) is 0 Å². The topological polar surface area (TPSA) is 54.2 Å². The third-order valence-electron chi connectivity index (χ3n) is 5.09. The molecule has 1 aliphatic carbocycles. The van der Waals surface area contributed by atoms with E-state index in [4.69, 9.17) is 4.99 Å². The van der Waals surface area contributed by atoms with Crippen LogP contribution in [0.2, 0.25) is 0 Å². The summed E-state index contributed by atoms with van der Waals surface area (Å²) < 4.78 is 2.16. The van der Waals surface area contributed by atoms with Gasteiger partial charge in [-0.1, -0.05) is 24.3 Å². The van der Waals surface area contributed by atoms with Crippen LogP contribution < -0.4 is 10.6 Å². The number of nitrogens with one attached hydrogen (secondary N) is 2. The molecule has 0 spiro atoms. The molecule has 1 heterocycles. The minimum absolute atomic E-state index is 0.538. The average molecular weight is 386 g/mol. The van der Waals surface area contributed by atoms with E-state index in [1.165, 1.54) is 30.4 Å². The van der Waals surface area contributed by atoms with Gasteiger partial charge < -0.3 is 15.2 Å². The Morgan fingerprint density at radius 3 is 2.89 bits per heavy atom. The first kappa shape index (κ1) is 19.8. The maximum absolute atomic E-state index is 4.82. The molecule has 0 radical (unpaired) electrons. The molecule has 0 bridgehead atoms. The van der Waals surface area contributed by atoms with Gasteiger partial charge in [-0.2, -0.15) is 11.8 Å². The lowest BCUT2D eigenvalue weighted by Crippen LogP contribution is -2.42. The predicted octanol–water partition coefficient (Wildman–Crippen LogP) is 3.58. The minimum Gasteiger partial charge on any atom is -0.357 e. The van der Waals surface area contributed by atoms with Crippen molar-refractivity contribution in [2.24, 2.45) is 4.99 Å². The molecule has 1 aromatic heterocycles. The number of hydrogen-bond acceptors (Lipinski definition) is 3. The Balaban J connectivity index is 1.62. The summed E-state index contributed by atoms with van der Waals surface area (Å²) in [7, 11) is 0. The van der Waals surface area contributed by atoms with E-state index in [1.807, 2.05) is 31.1 Å². The highest BCUT2D eigenvalue weighted by Crippen LogP contribution is 2.28. The van der Waals surface area contributed by atoms with E-state index in [2.05, 4.69) is 57.6 Å². The lowest BCUT2D eigenvalue weighted by Gasteiger charge is -2.17. The van der Waals surface area contributed by atoms with Crippen LogP contribution in [0.15, 0.2) is 41.7 Å². The number of thioether (sulfide) groups is 1. The molecular formula is C21H31N5S. The zero-order valence-electron chi connectivity index (χ0n) is 16.6. The van der Waals surface area contributed by atoms with Gasteiger partial charge in [-0.3, -0.25) is 0 Å². The molecule has 0 aliphatic heterocycles. The van der Waals surface area contributed by atoms with E-state index in [0.29, 0.717) is 12.6 Å². The highest BCUT2D eigenvalue weighted by Gasteiger charge is 2.24. The quantitative estimate of drug-likeness (QED) is 0.565. The monoisotopic (exact) mass is 385 g/mol. The fourth-order valence-electron chi connectivity index (χ4n) is 3.56. The van der Waals surface area contributed by atoms with Gasteiger partial charge in [0.1, 0.15) is 5.82 Å². The summed E-state index contributed by atoms with van der Waals surface area (Å²) in [5.74, 6) is 1.97. The molecule has 1 aliphatic rings. The fraction of sp³-hybridized carbons (Fsp3) is 0.524. The maximum Gasteiger partial charge on any atom is 0.191 e. The molecule has 1 aromatic carbocycles. The van der Waals surface area contributed by atoms with Crippen molar-refractivity contribution in [1.82, 2.24) is 20.2 Å². The molecule has 2 unspecified atom stereocenters. The summed E-state index contributed by atoms with van der Waals surface area (Å²) in [6.45, 7) is 6.56. The number of hydrogen-bond donors (Lipinski definition) is 2. The molecule has 1 saturated carbocycles. The highest BCUT2D eigenvalue weighted by atomic mass is 32.2. The summed E-state index contributed by atoms with van der Waals surface area (Å²) in [5, 5.41) is 7.80. The second-order valence-electron chi connectivity index (χ2n) is 7.13. The fourth-order valence-corrected chi connectivity index (χ4v) is 4.36. The molecule has 146 valence electrons. The van der Waals surface area contributed by atoms with Crippen LogP contribution in [-0.2, 0) is 13.1 Å². The van der Waals surface area contributed by atoms with Crippen LogP contribution in [0.3, 0.4) is 0 Å². The lowest BCUT2D eigenvalue weighted by atomic mass is 10.1. The number of imidazole rings is 1. The largest absolute Gasteiger partial charge is 0.357 e. The molecule has 0 saturated heterocycles. The van der Waals surface area contributed by atoms with Gasteiger partial charge in [0.2, 0.25) is 0 Å². The second kappa shape index (κ2) is 9.83. The highest BCUT2D eigenvalue weighted by molar-refractivity contribution is 7.99. The van der Waals surface area contributed by atoms with Gasteiger partial charge >= 0.3 is 0 Å². The first-order valence-corrected chi connectivity index (χ1v) is 11.1. The van der Waals surface area contributed by atoms with Crippen LogP contribution in [0, 0.1) is 6.92 Å². The third-order valence-corrected chi connectivity index (χ3v) is 6.19. The number of aromatic nitrogens is 2. The van der Waals surface area contributed by atoms with Crippen molar-refractivity contribution in [3.05, 3.63) is 53.6 Å². The van der Waals surface area contributed by atoms with Crippen molar-refractivity contribution in [2.45, 2.75) is 57.5 Å². The first-order chi connectivity index (χ1) is 13.2. The number of guanidine groups is 1. The Morgan fingerprint density at radius 2 is 2.19 bits per heavy atom. The van der Waals surface area contributed by atoms with E-state index < -0.39 is 0 Å². The Kier molecular flexibility index (Phi) is 7.21. The molecule has 0 amide bonds. The van der Waals surface area contributed by atoms with E-state index in [0.717, 1.165) is 30.1 Å². The molecule has 2 N–H and O–H groups in total. The third kappa shape index (κ3) is 5.76. The molecule has 2 atom stereocenters. The van der Waals surface area contributed by atoms with Gasteiger partial charge in [-0.15, -0.1) is 0 Å². The molecule has 6 heteroatoms. The van der Waals surface area contributed by atoms with Gasteiger partial charge in [-0.05, 0) is 50.5 Å². The van der Waals surface area contributed by atoms with Gasteiger partial charge in [0.25, 0.3) is 0 Å². The molecule has 27 heavy (non-hydrogen) atoms.